The van der Waals surface area contributed by atoms with Gasteiger partial charge in [-0.05, 0) is 83.5 Å². The van der Waals surface area contributed by atoms with Crippen molar-refractivity contribution in [1.82, 2.24) is 0 Å². The Hall–Kier alpha value is -0.860. The van der Waals surface area contributed by atoms with Gasteiger partial charge in [0.25, 0.3) is 0 Å². The van der Waals surface area contributed by atoms with Crippen molar-refractivity contribution in [3.05, 3.63) is 11.6 Å². The molecule has 6 N–H and O–H groups in total. The highest BCUT2D eigenvalue weighted by molar-refractivity contribution is 5.31. The molecule has 4 aliphatic carbocycles. The zero-order chi connectivity index (χ0) is 41.4. The van der Waals surface area contributed by atoms with Crippen molar-refractivity contribution < 1.29 is 73.3 Å². The molecule has 15 nitrogen and oxygen atoms in total. The summed E-state index contributed by atoms with van der Waals surface area (Å²) in [6, 6.07) is 0. The van der Waals surface area contributed by atoms with Crippen LogP contribution >= 0.6 is 0 Å². The normalized spacial score (nSPS) is 54.6. The highest BCUT2D eigenvalue weighted by Crippen LogP contribution is 2.68. The lowest BCUT2D eigenvalue weighted by Crippen LogP contribution is -2.71. The van der Waals surface area contributed by atoms with Crippen molar-refractivity contribution in [1.29, 1.82) is 0 Å². The van der Waals surface area contributed by atoms with Gasteiger partial charge in [0, 0.05) is 45.5 Å². The quantitative estimate of drug-likeness (QED) is 0.175. The Morgan fingerprint density at radius 2 is 1.35 bits per heavy atom. The van der Waals surface area contributed by atoms with Crippen molar-refractivity contribution in [3.8, 4) is 0 Å². The molecular formula is C42H70O15. The minimum atomic E-state index is -1.22. The minimum Gasteiger partial charge on any atom is -0.393 e. The summed E-state index contributed by atoms with van der Waals surface area (Å²) in [4.78, 5) is 0. The molecule has 0 spiro atoms. The van der Waals surface area contributed by atoms with Crippen molar-refractivity contribution in [2.75, 3.05) is 21.3 Å². The van der Waals surface area contributed by atoms with Gasteiger partial charge in [-0.15, -0.1) is 0 Å². The van der Waals surface area contributed by atoms with Crippen LogP contribution in [0.25, 0.3) is 0 Å². The minimum absolute atomic E-state index is 0.128. The first-order chi connectivity index (χ1) is 26.9. The standard InChI is InChI=1S/C42H70O15/c1-19(43)25-13-15-42(48)26-11-10-23-16-24(12-14-40(23,5)31(26)33(45)38(47)41(25,42)6)55-29-17-27(49-7)35(21(3)52-29)56-30-18-28(50-8)36(22(4)53-30)57-39-34(46)37(51-9)32(44)20(2)54-39/h10,19-22,24-39,43-48H,11-18H2,1-9H3. The maximum Gasteiger partial charge on any atom is 0.187 e. The first-order valence-electron chi connectivity index (χ1n) is 21.3. The molecule has 57 heavy (non-hydrogen) atoms. The fourth-order valence-corrected chi connectivity index (χ4v) is 12.6. The van der Waals surface area contributed by atoms with E-state index in [1.54, 1.807) is 28.1 Å². The molecule has 3 saturated carbocycles. The van der Waals surface area contributed by atoms with Gasteiger partial charge >= 0.3 is 0 Å². The van der Waals surface area contributed by atoms with E-state index in [2.05, 4.69) is 13.0 Å². The third-order valence-corrected chi connectivity index (χ3v) is 15.8. The van der Waals surface area contributed by atoms with E-state index in [9.17, 15) is 30.6 Å². The zero-order valence-electron chi connectivity index (χ0n) is 35.1. The van der Waals surface area contributed by atoms with Crippen LogP contribution in [0, 0.1) is 28.6 Å². The fraction of sp³-hybridized carbons (Fsp3) is 0.952. The number of allylic oxidation sites excluding steroid dienone is 1. The third-order valence-electron chi connectivity index (χ3n) is 15.8. The topological polar surface area (TPSA) is 204 Å². The van der Waals surface area contributed by atoms with E-state index in [4.69, 9.17) is 42.6 Å². The molecule has 3 saturated heterocycles. The highest BCUT2D eigenvalue weighted by Gasteiger charge is 2.72. The van der Waals surface area contributed by atoms with Gasteiger partial charge < -0.3 is 73.3 Å². The fourth-order valence-electron chi connectivity index (χ4n) is 12.6. The maximum atomic E-state index is 12.4. The Morgan fingerprint density at radius 3 is 1.95 bits per heavy atom. The van der Waals surface area contributed by atoms with Crippen molar-refractivity contribution in [3.63, 3.8) is 0 Å². The van der Waals surface area contributed by atoms with Gasteiger partial charge in [0.1, 0.15) is 30.5 Å². The second-order valence-electron chi connectivity index (χ2n) is 18.7. The number of fused-ring (bicyclic) bond motifs is 5. The Kier molecular flexibility index (Phi) is 13.0. The Labute approximate surface area is 337 Å². The molecule has 0 aromatic rings. The van der Waals surface area contributed by atoms with Gasteiger partial charge in [-0.3, -0.25) is 0 Å². The molecule has 3 aliphatic heterocycles. The number of methoxy groups -OCH3 is 3. The number of hydrogen-bond acceptors (Lipinski definition) is 15. The Bertz CT molecular complexity index is 1420. The summed E-state index contributed by atoms with van der Waals surface area (Å²) >= 11 is 0. The average Bonchev–Trinajstić information content (AvgIpc) is 3.46. The third kappa shape index (κ3) is 7.39. The summed E-state index contributed by atoms with van der Waals surface area (Å²) in [6.45, 7) is 11.2. The van der Waals surface area contributed by atoms with E-state index >= 15 is 0 Å². The smallest absolute Gasteiger partial charge is 0.187 e. The number of aliphatic hydroxyl groups is 6. The van der Waals surface area contributed by atoms with E-state index in [1.165, 1.54) is 12.7 Å². The molecular weight excluding hydrogens is 744 g/mol. The van der Waals surface area contributed by atoms with E-state index in [0.29, 0.717) is 38.5 Å². The van der Waals surface area contributed by atoms with Crippen LogP contribution in [-0.2, 0) is 42.6 Å². The molecule has 6 fully saturated rings. The summed E-state index contributed by atoms with van der Waals surface area (Å²) in [6.07, 6.45) is -4.95. The summed E-state index contributed by atoms with van der Waals surface area (Å²) in [5.41, 5.74) is -1.43. The molecule has 3 heterocycles. The van der Waals surface area contributed by atoms with E-state index in [0.717, 1.165) is 12.8 Å². The molecule has 0 aromatic heterocycles. The SMILES string of the molecule is COC1CC(OC2CCC3(C)C(=CCC4C3C(O)C(O)C3(C)C(C(C)O)CCC43O)C2)OC(C)C1OC1CC(OC)C(OC2OC(C)C(O)C(OC)C2O)C(C)O1. The lowest BCUT2D eigenvalue weighted by atomic mass is 9.44. The number of aliphatic hydroxyl groups excluding tert-OH is 5. The number of rotatable bonds is 10. The highest BCUT2D eigenvalue weighted by atomic mass is 16.8. The van der Waals surface area contributed by atoms with E-state index in [1.807, 2.05) is 20.8 Å². The zero-order valence-corrected chi connectivity index (χ0v) is 35.1. The molecule has 0 bridgehead atoms. The lowest BCUT2D eigenvalue weighted by molar-refractivity contribution is -0.352. The number of hydrogen-bond donors (Lipinski definition) is 6. The van der Waals surface area contributed by atoms with Crippen LogP contribution in [0.5, 0.6) is 0 Å². The summed E-state index contributed by atoms with van der Waals surface area (Å²) < 4.78 is 55.1. The monoisotopic (exact) mass is 814 g/mol. The molecule has 23 atom stereocenters. The number of ether oxygens (including phenoxy) is 9. The van der Waals surface area contributed by atoms with Crippen LogP contribution in [-0.4, -0.2) is 162 Å². The first kappa shape index (κ1) is 44.2. The van der Waals surface area contributed by atoms with Crippen molar-refractivity contribution in [2.45, 2.75) is 203 Å². The van der Waals surface area contributed by atoms with Gasteiger partial charge in [0.05, 0.1) is 60.5 Å². The van der Waals surface area contributed by atoms with Crippen LogP contribution < -0.4 is 0 Å². The van der Waals surface area contributed by atoms with Crippen molar-refractivity contribution >= 4 is 0 Å². The van der Waals surface area contributed by atoms with Crippen LogP contribution in [0.2, 0.25) is 0 Å². The van der Waals surface area contributed by atoms with E-state index in [-0.39, 0.29) is 30.0 Å². The molecule has 7 rings (SSSR count). The molecule has 7 aliphatic rings. The average molecular weight is 815 g/mol. The first-order valence-corrected chi connectivity index (χ1v) is 21.3. The second kappa shape index (κ2) is 16.8. The van der Waals surface area contributed by atoms with E-state index < -0.39 is 109 Å². The van der Waals surface area contributed by atoms with Gasteiger partial charge in [0.2, 0.25) is 0 Å². The lowest BCUT2D eigenvalue weighted by Gasteiger charge is -2.64. The predicted octanol–water partition coefficient (Wildman–Crippen LogP) is 1.94. The molecule has 0 amide bonds. The Morgan fingerprint density at radius 1 is 0.737 bits per heavy atom. The summed E-state index contributed by atoms with van der Waals surface area (Å²) in [5, 5.41) is 67.8. The molecule has 0 aromatic carbocycles. The van der Waals surface area contributed by atoms with Crippen LogP contribution in [0.3, 0.4) is 0 Å². The van der Waals surface area contributed by atoms with Gasteiger partial charge in [-0.2, -0.15) is 0 Å². The van der Waals surface area contributed by atoms with Crippen molar-refractivity contribution in [2.24, 2.45) is 28.6 Å². The van der Waals surface area contributed by atoms with Crippen LogP contribution in [0.1, 0.15) is 92.9 Å². The largest absolute Gasteiger partial charge is 0.393 e. The molecule has 328 valence electrons. The molecule has 23 unspecified atom stereocenters. The van der Waals surface area contributed by atoms with Crippen LogP contribution in [0.15, 0.2) is 11.6 Å². The van der Waals surface area contributed by atoms with Crippen LogP contribution in [0.4, 0.5) is 0 Å². The van der Waals surface area contributed by atoms with Gasteiger partial charge in [0.15, 0.2) is 18.9 Å². The summed E-state index contributed by atoms with van der Waals surface area (Å²) in [7, 11) is 4.66. The van der Waals surface area contributed by atoms with Gasteiger partial charge in [-0.25, -0.2) is 0 Å². The Balaban J connectivity index is 0.960. The molecule has 0 radical (unpaired) electrons. The second-order valence-corrected chi connectivity index (χ2v) is 18.7. The summed E-state index contributed by atoms with van der Waals surface area (Å²) in [5.74, 6) is -0.850. The predicted molar refractivity (Wildman–Crippen MR) is 202 cm³/mol. The molecule has 15 heteroatoms. The maximum absolute atomic E-state index is 12.4. The van der Waals surface area contributed by atoms with Gasteiger partial charge in [-0.1, -0.05) is 25.5 Å².